The number of aryl methyl sites for hydroxylation is 2. The van der Waals surface area contributed by atoms with Crippen molar-refractivity contribution in [2.75, 3.05) is 0 Å². The first-order valence-corrected chi connectivity index (χ1v) is 15.1. The van der Waals surface area contributed by atoms with E-state index in [-0.39, 0.29) is 0 Å². The van der Waals surface area contributed by atoms with Gasteiger partial charge in [0.25, 0.3) is 0 Å². The maximum atomic E-state index is 4.50. The normalized spacial score (nSPS) is 12.7. The van der Waals surface area contributed by atoms with Crippen LogP contribution in [0.1, 0.15) is 28.7 Å². The van der Waals surface area contributed by atoms with Gasteiger partial charge in [0.2, 0.25) is 0 Å². The van der Waals surface area contributed by atoms with E-state index in [1.54, 1.807) is 0 Å². The molecular weight excluding hydrogens is 518 g/mol. The Balaban J connectivity index is 1.22. The highest BCUT2D eigenvalue weighted by atomic mass is 14.7. The van der Waals surface area contributed by atoms with Crippen molar-refractivity contribution >= 4 is 33.2 Å². The largest absolute Gasteiger partial charge is 0.256 e. The zero-order valence-corrected chi connectivity index (χ0v) is 24.2. The summed E-state index contributed by atoms with van der Waals surface area (Å²) in [6.45, 7) is 2.15. The molecule has 0 saturated carbocycles. The number of fused-ring (bicyclic) bond motifs is 3. The van der Waals surface area contributed by atoms with E-state index in [9.17, 15) is 0 Å². The second-order valence-corrected chi connectivity index (χ2v) is 11.6. The highest BCUT2D eigenvalue weighted by molar-refractivity contribution is 6.21. The van der Waals surface area contributed by atoms with Crippen LogP contribution < -0.4 is 0 Å². The summed E-state index contributed by atoms with van der Waals surface area (Å²) in [6, 6.07) is 48.8. The molecule has 0 bridgehead atoms. The summed E-state index contributed by atoms with van der Waals surface area (Å²) in [5.41, 5.74) is 14.1. The molecule has 0 spiro atoms. The van der Waals surface area contributed by atoms with E-state index in [1.165, 1.54) is 71.6 Å². The Bertz CT molecular complexity index is 2090. The maximum absolute atomic E-state index is 4.50. The molecule has 204 valence electrons. The molecule has 0 unspecified atom stereocenters. The lowest BCUT2D eigenvalue weighted by molar-refractivity contribution is 1.00. The van der Waals surface area contributed by atoms with Gasteiger partial charge in [-0.15, -0.1) is 0 Å². The fourth-order valence-electron chi connectivity index (χ4n) is 6.73. The third kappa shape index (κ3) is 4.54. The first-order valence-electron chi connectivity index (χ1n) is 15.1. The summed E-state index contributed by atoms with van der Waals surface area (Å²) in [5.74, 6) is 0. The first-order chi connectivity index (χ1) is 21.2. The molecule has 0 radical (unpaired) electrons. The van der Waals surface area contributed by atoms with Gasteiger partial charge >= 0.3 is 0 Å². The Morgan fingerprint density at radius 1 is 0.488 bits per heavy atom. The summed E-state index contributed by atoms with van der Waals surface area (Å²) in [4.78, 5) is 4.50. The molecule has 0 atom stereocenters. The number of pyridine rings is 1. The van der Waals surface area contributed by atoms with Crippen LogP contribution in [-0.2, 0) is 6.42 Å². The van der Waals surface area contributed by atoms with Crippen molar-refractivity contribution in [2.24, 2.45) is 0 Å². The van der Waals surface area contributed by atoms with Gasteiger partial charge in [-0.25, -0.2) is 0 Å². The molecule has 6 aromatic carbocycles. The first kappa shape index (κ1) is 25.4. The summed E-state index contributed by atoms with van der Waals surface area (Å²) in [5, 5.41) is 5.21. The van der Waals surface area contributed by atoms with Crippen LogP contribution in [0, 0.1) is 6.92 Å². The molecule has 0 saturated heterocycles. The van der Waals surface area contributed by atoms with Gasteiger partial charge in [0.15, 0.2) is 0 Å². The van der Waals surface area contributed by atoms with Crippen molar-refractivity contribution in [3.05, 3.63) is 162 Å². The van der Waals surface area contributed by atoms with Gasteiger partial charge < -0.3 is 0 Å². The van der Waals surface area contributed by atoms with E-state index < -0.39 is 0 Å². The number of allylic oxidation sites excluding steroid dienone is 1. The molecule has 1 nitrogen and oxygen atoms in total. The highest BCUT2D eigenvalue weighted by Crippen LogP contribution is 2.44. The Hall–Kier alpha value is -5.27. The van der Waals surface area contributed by atoms with Crippen LogP contribution in [0.2, 0.25) is 0 Å². The molecular formula is C42H31N. The molecule has 1 heteroatoms. The molecule has 1 heterocycles. The molecule has 0 N–H and O–H groups in total. The second kappa shape index (κ2) is 10.5. The number of benzene rings is 6. The highest BCUT2D eigenvalue weighted by Gasteiger charge is 2.18. The summed E-state index contributed by atoms with van der Waals surface area (Å²) >= 11 is 0. The number of aromatic nitrogens is 1. The van der Waals surface area contributed by atoms with Gasteiger partial charge in [0.1, 0.15) is 0 Å². The lowest BCUT2D eigenvalue weighted by Crippen LogP contribution is -2.00. The van der Waals surface area contributed by atoms with E-state index in [0.717, 1.165) is 24.1 Å². The summed E-state index contributed by atoms with van der Waals surface area (Å²) < 4.78 is 0. The zero-order chi connectivity index (χ0) is 28.8. The molecule has 7 aromatic rings. The Morgan fingerprint density at radius 2 is 1.05 bits per heavy atom. The van der Waals surface area contributed by atoms with Gasteiger partial charge in [0.05, 0.1) is 5.69 Å². The molecule has 1 aliphatic carbocycles. The maximum Gasteiger partial charge on any atom is 0.0701 e. The number of hydrogen-bond acceptors (Lipinski definition) is 1. The second-order valence-electron chi connectivity index (χ2n) is 11.6. The van der Waals surface area contributed by atoms with Gasteiger partial charge in [-0.2, -0.15) is 0 Å². The van der Waals surface area contributed by atoms with Crippen molar-refractivity contribution in [1.82, 2.24) is 4.98 Å². The Kier molecular flexibility index (Phi) is 6.23. The lowest BCUT2D eigenvalue weighted by atomic mass is 9.83. The molecule has 0 aliphatic heterocycles. The summed E-state index contributed by atoms with van der Waals surface area (Å²) in [7, 11) is 0. The van der Waals surface area contributed by atoms with Gasteiger partial charge in [-0.1, -0.05) is 133 Å². The van der Waals surface area contributed by atoms with E-state index in [0.29, 0.717) is 0 Å². The van der Waals surface area contributed by atoms with Crippen molar-refractivity contribution in [2.45, 2.75) is 19.8 Å². The quantitative estimate of drug-likeness (QED) is 0.199. The minimum Gasteiger partial charge on any atom is -0.256 e. The van der Waals surface area contributed by atoms with E-state index >= 15 is 0 Å². The van der Waals surface area contributed by atoms with Crippen LogP contribution in [0.25, 0.3) is 66.7 Å². The van der Waals surface area contributed by atoms with E-state index in [4.69, 9.17) is 0 Å². The minimum absolute atomic E-state index is 1.01. The SMILES string of the molecule is Cc1ccc(-c2c3ccccc3c(-c3ccc4c(c3)CCC(c3ccc(-c5ccccn5)cc3)=C4)c3ccccc23)cc1. The van der Waals surface area contributed by atoms with Crippen LogP contribution in [0.15, 0.2) is 140 Å². The van der Waals surface area contributed by atoms with Crippen LogP contribution in [0.5, 0.6) is 0 Å². The van der Waals surface area contributed by atoms with Crippen molar-refractivity contribution in [1.29, 1.82) is 0 Å². The predicted molar refractivity (Wildman–Crippen MR) is 183 cm³/mol. The van der Waals surface area contributed by atoms with Crippen LogP contribution in [0.4, 0.5) is 0 Å². The average molecular weight is 550 g/mol. The zero-order valence-electron chi connectivity index (χ0n) is 24.2. The van der Waals surface area contributed by atoms with Crippen molar-refractivity contribution in [3.63, 3.8) is 0 Å². The monoisotopic (exact) mass is 549 g/mol. The van der Waals surface area contributed by atoms with Crippen LogP contribution in [0.3, 0.4) is 0 Å². The fraction of sp³-hybridized carbons (Fsp3) is 0.0714. The van der Waals surface area contributed by atoms with E-state index in [2.05, 4.69) is 139 Å². The molecule has 1 aliphatic rings. The van der Waals surface area contributed by atoms with Crippen molar-refractivity contribution in [3.8, 4) is 33.5 Å². The number of rotatable bonds is 4. The fourth-order valence-corrected chi connectivity index (χ4v) is 6.73. The average Bonchev–Trinajstić information content (AvgIpc) is 3.08. The summed E-state index contributed by atoms with van der Waals surface area (Å²) in [6.07, 6.45) is 6.30. The molecule has 1 aromatic heterocycles. The number of hydrogen-bond donors (Lipinski definition) is 0. The topological polar surface area (TPSA) is 12.9 Å². The van der Waals surface area contributed by atoms with Crippen LogP contribution >= 0.6 is 0 Å². The van der Waals surface area contributed by atoms with E-state index in [1.807, 2.05) is 18.3 Å². The minimum atomic E-state index is 1.01. The standard InChI is InChI=1S/C42H31N/c1-28-13-15-31(16-14-28)41-36-8-2-4-10-38(36)42(39-11-5-3-9-37(39)41)35-24-23-33-26-32(21-22-34(33)27-35)29-17-19-30(20-18-29)40-12-6-7-25-43-40/h2-20,23-27H,21-22H2,1H3. The van der Waals surface area contributed by atoms with Gasteiger partial charge in [0, 0.05) is 11.8 Å². The Labute approximate surface area is 252 Å². The molecule has 0 amide bonds. The predicted octanol–water partition coefficient (Wildman–Crippen LogP) is 11.2. The smallest absolute Gasteiger partial charge is 0.0701 e. The van der Waals surface area contributed by atoms with Crippen molar-refractivity contribution < 1.29 is 0 Å². The number of nitrogens with zero attached hydrogens (tertiary/aromatic N) is 1. The van der Waals surface area contributed by atoms with Gasteiger partial charge in [-0.05, 0) is 98.0 Å². The lowest BCUT2D eigenvalue weighted by Gasteiger charge is -2.21. The Morgan fingerprint density at radius 3 is 1.67 bits per heavy atom. The third-order valence-electron chi connectivity index (χ3n) is 8.91. The molecule has 0 fully saturated rings. The van der Waals surface area contributed by atoms with Gasteiger partial charge in [-0.3, -0.25) is 4.98 Å². The third-order valence-corrected chi connectivity index (χ3v) is 8.91. The molecule has 8 rings (SSSR count). The molecule has 43 heavy (non-hydrogen) atoms. The van der Waals surface area contributed by atoms with Crippen LogP contribution in [-0.4, -0.2) is 4.98 Å².